The third-order valence-electron chi connectivity index (χ3n) is 4.50. The Bertz CT molecular complexity index is 862. The second-order valence-corrected chi connectivity index (χ2v) is 6.29. The van der Waals surface area contributed by atoms with Gasteiger partial charge < -0.3 is 4.90 Å². The van der Waals surface area contributed by atoms with E-state index in [4.69, 9.17) is 4.98 Å². The van der Waals surface area contributed by atoms with Crippen molar-refractivity contribution in [3.63, 3.8) is 0 Å². The highest BCUT2D eigenvalue weighted by Gasteiger charge is 2.13. The molecular weight excluding hydrogens is 312 g/mol. The summed E-state index contributed by atoms with van der Waals surface area (Å²) in [7, 11) is 2.14. The number of hydrogen-bond donors (Lipinski definition) is 1. The van der Waals surface area contributed by atoms with Crippen LogP contribution in [0.5, 0.6) is 0 Å². The fraction of sp³-hybridized carbons (Fsp3) is 0.263. The van der Waals surface area contributed by atoms with Crippen LogP contribution in [0, 0.1) is 0 Å². The van der Waals surface area contributed by atoms with Crippen LogP contribution in [-0.2, 0) is 0 Å². The van der Waals surface area contributed by atoms with Crippen molar-refractivity contribution < 1.29 is 0 Å². The normalized spacial score (nSPS) is 16.7. The lowest BCUT2D eigenvalue weighted by atomic mass is 10.2. The highest BCUT2D eigenvalue weighted by atomic mass is 15.7. The van der Waals surface area contributed by atoms with Crippen LogP contribution in [-0.4, -0.2) is 58.7 Å². The maximum Gasteiger partial charge on any atom is 0.145 e. The molecule has 2 aromatic heterocycles. The van der Waals surface area contributed by atoms with E-state index < -0.39 is 0 Å². The number of pyridine rings is 1. The fourth-order valence-corrected chi connectivity index (χ4v) is 3.03. The summed E-state index contributed by atoms with van der Waals surface area (Å²) in [5.74, 6) is 0.928. The van der Waals surface area contributed by atoms with Crippen LogP contribution in [0.25, 0.3) is 16.9 Å². The summed E-state index contributed by atoms with van der Waals surface area (Å²) in [5, 5.41) is 6.54. The van der Waals surface area contributed by atoms with E-state index in [0.29, 0.717) is 0 Å². The third-order valence-corrected chi connectivity index (χ3v) is 4.50. The number of imidazole rings is 1. The SMILES string of the molecule is CN1CCN(N/N=C/c2nc(-c3ccccc3)n3ccccc23)CC1. The number of benzene rings is 1. The van der Waals surface area contributed by atoms with Gasteiger partial charge in [-0.2, -0.15) is 5.10 Å². The molecule has 0 amide bonds. The Morgan fingerprint density at radius 2 is 1.76 bits per heavy atom. The average molecular weight is 334 g/mol. The van der Waals surface area contributed by atoms with E-state index in [-0.39, 0.29) is 0 Å². The Hall–Kier alpha value is -2.70. The highest BCUT2D eigenvalue weighted by Crippen LogP contribution is 2.21. The van der Waals surface area contributed by atoms with Crippen molar-refractivity contribution in [1.82, 2.24) is 24.8 Å². The van der Waals surface area contributed by atoms with Crippen molar-refractivity contribution in [2.45, 2.75) is 0 Å². The molecule has 128 valence electrons. The molecule has 0 bridgehead atoms. The fourth-order valence-electron chi connectivity index (χ4n) is 3.03. The largest absolute Gasteiger partial charge is 0.304 e. The molecular formula is C19H22N6. The predicted molar refractivity (Wildman–Crippen MR) is 100 cm³/mol. The van der Waals surface area contributed by atoms with Gasteiger partial charge in [-0.05, 0) is 19.2 Å². The van der Waals surface area contributed by atoms with Crippen LogP contribution >= 0.6 is 0 Å². The molecule has 4 rings (SSSR count). The number of nitrogens with zero attached hydrogens (tertiary/aromatic N) is 5. The number of likely N-dealkylation sites (N-methyl/N-ethyl adjacent to an activating group) is 1. The number of rotatable bonds is 4. The van der Waals surface area contributed by atoms with E-state index >= 15 is 0 Å². The Morgan fingerprint density at radius 1 is 1.00 bits per heavy atom. The molecule has 1 saturated heterocycles. The lowest BCUT2D eigenvalue weighted by Crippen LogP contribution is -2.49. The molecule has 1 aromatic carbocycles. The van der Waals surface area contributed by atoms with Crippen LogP contribution in [0.1, 0.15) is 5.69 Å². The monoisotopic (exact) mass is 334 g/mol. The smallest absolute Gasteiger partial charge is 0.145 e. The summed E-state index contributed by atoms with van der Waals surface area (Å²) in [6, 6.07) is 16.3. The Balaban J connectivity index is 1.59. The second kappa shape index (κ2) is 7.04. The maximum atomic E-state index is 4.80. The summed E-state index contributed by atoms with van der Waals surface area (Å²) in [5.41, 5.74) is 6.13. The minimum absolute atomic E-state index is 0.862. The first kappa shape index (κ1) is 15.8. The number of hydrazone groups is 1. The van der Waals surface area contributed by atoms with Crippen LogP contribution in [0.15, 0.2) is 59.8 Å². The van der Waals surface area contributed by atoms with Gasteiger partial charge in [-0.15, -0.1) is 0 Å². The van der Waals surface area contributed by atoms with E-state index in [1.807, 2.05) is 36.5 Å². The quantitative estimate of drug-likeness (QED) is 0.586. The third kappa shape index (κ3) is 3.40. The molecule has 0 saturated carbocycles. The molecule has 0 radical (unpaired) electrons. The first-order valence-electron chi connectivity index (χ1n) is 8.56. The zero-order valence-electron chi connectivity index (χ0n) is 14.3. The molecule has 1 N–H and O–H groups in total. The van der Waals surface area contributed by atoms with Crippen molar-refractivity contribution in [2.75, 3.05) is 33.2 Å². The summed E-state index contributed by atoms with van der Waals surface area (Å²) < 4.78 is 2.10. The zero-order chi connectivity index (χ0) is 17.1. The minimum Gasteiger partial charge on any atom is -0.304 e. The molecule has 0 unspecified atom stereocenters. The standard InChI is InChI=1S/C19H22N6/c1-23-11-13-24(14-12-23)22-20-15-17-18-9-5-6-10-25(18)19(21-17)16-7-3-2-4-8-16/h2-10,15,22H,11-14H2,1H3/b20-15+. The van der Waals surface area contributed by atoms with Gasteiger partial charge >= 0.3 is 0 Å². The van der Waals surface area contributed by atoms with E-state index in [1.165, 1.54) is 0 Å². The summed E-state index contributed by atoms with van der Waals surface area (Å²) in [6.07, 6.45) is 3.84. The molecule has 6 nitrogen and oxygen atoms in total. The first-order chi connectivity index (χ1) is 12.3. The van der Waals surface area contributed by atoms with Gasteiger partial charge in [0.2, 0.25) is 0 Å². The molecule has 3 aromatic rings. The molecule has 25 heavy (non-hydrogen) atoms. The van der Waals surface area contributed by atoms with Gasteiger partial charge in [0.15, 0.2) is 0 Å². The molecule has 1 fully saturated rings. The number of fused-ring (bicyclic) bond motifs is 1. The summed E-state index contributed by atoms with van der Waals surface area (Å²) >= 11 is 0. The number of aromatic nitrogens is 2. The number of piperazine rings is 1. The summed E-state index contributed by atoms with van der Waals surface area (Å²) in [6.45, 7) is 4.03. The Morgan fingerprint density at radius 3 is 2.56 bits per heavy atom. The Kier molecular flexibility index (Phi) is 4.45. The van der Waals surface area contributed by atoms with Gasteiger partial charge in [0.1, 0.15) is 11.5 Å². The van der Waals surface area contributed by atoms with Gasteiger partial charge in [-0.25, -0.2) is 15.5 Å². The van der Waals surface area contributed by atoms with Gasteiger partial charge in [0.05, 0.1) is 11.7 Å². The Labute approximate surface area is 147 Å². The van der Waals surface area contributed by atoms with E-state index in [2.05, 4.69) is 50.2 Å². The van der Waals surface area contributed by atoms with Gasteiger partial charge in [-0.3, -0.25) is 4.40 Å². The topological polar surface area (TPSA) is 48.2 Å². The molecule has 0 atom stereocenters. The van der Waals surface area contributed by atoms with E-state index in [0.717, 1.165) is 48.8 Å². The lowest BCUT2D eigenvalue weighted by molar-refractivity contribution is 0.107. The van der Waals surface area contributed by atoms with Crippen molar-refractivity contribution in [3.05, 3.63) is 60.4 Å². The van der Waals surface area contributed by atoms with Crippen LogP contribution in [0.4, 0.5) is 0 Å². The van der Waals surface area contributed by atoms with E-state index in [9.17, 15) is 0 Å². The van der Waals surface area contributed by atoms with Crippen molar-refractivity contribution in [2.24, 2.45) is 5.10 Å². The molecule has 3 heterocycles. The predicted octanol–water partition coefficient (Wildman–Crippen LogP) is 2.09. The lowest BCUT2D eigenvalue weighted by Gasteiger charge is -2.31. The molecule has 6 heteroatoms. The van der Waals surface area contributed by atoms with Crippen molar-refractivity contribution >= 4 is 11.7 Å². The summed E-state index contributed by atoms with van der Waals surface area (Å²) in [4.78, 5) is 7.12. The number of hydrogen-bond acceptors (Lipinski definition) is 5. The molecule has 1 aliphatic rings. The maximum absolute atomic E-state index is 4.80. The molecule has 0 spiro atoms. The molecule has 0 aliphatic carbocycles. The van der Waals surface area contributed by atoms with Gasteiger partial charge in [0.25, 0.3) is 0 Å². The van der Waals surface area contributed by atoms with E-state index in [1.54, 1.807) is 6.21 Å². The van der Waals surface area contributed by atoms with Crippen LogP contribution in [0.2, 0.25) is 0 Å². The van der Waals surface area contributed by atoms with Gasteiger partial charge in [0, 0.05) is 37.9 Å². The second-order valence-electron chi connectivity index (χ2n) is 6.29. The first-order valence-corrected chi connectivity index (χ1v) is 8.56. The zero-order valence-corrected chi connectivity index (χ0v) is 14.3. The minimum atomic E-state index is 0.862. The highest BCUT2D eigenvalue weighted by molar-refractivity contribution is 5.88. The number of hydrazine groups is 1. The number of nitrogens with one attached hydrogen (secondary N) is 1. The van der Waals surface area contributed by atoms with Crippen molar-refractivity contribution in [1.29, 1.82) is 0 Å². The van der Waals surface area contributed by atoms with Crippen LogP contribution in [0.3, 0.4) is 0 Å². The van der Waals surface area contributed by atoms with Crippen molar-refractivity contribution in [3.8, 4) is 11.4 Å². The van der Waals surface area contributed by atoms with Gasteiger partial charge in [-0.1, -0.05) is 36.4 Å². The molecule has 1 aliphatic heterocycles. The average Bonchev–Trinajstić information content (AvgIpc) is 3.03. The van der Waals surface area contributed by atoms with Crippen LogP contribution < -0.4 is 5.53 Å².